The van der Waals surface area contributed by atoms with Crippen LogP contribution in [0.15, 0.2) is 95.5 Å². The third-order valence-electron chi connectivity index (χ3n) is 9.55. The van der Waals surface area contributed by atoms with Gasteiger partial charge in [0.25, 0.3) is 11.1 Å². The monoisotopic (exact) mass is 824 g/mol. The molecular formula is C50H68N2O8. The predicted octanol–water partition coefficient (Wildman–Crippen LogP) is 8.98. The minimum Gasteiger partial charge on any atom is -0.491 e. The van der Waals surface area contributed by atoms with Crippen LogP contribution in [0.4, 0.5) is 0 Å². The summed E-state index contributed by atoms with van der Waals surface area (Å²) in [5.41, 5.74) is 5.87. The van der Waals surface area contributed by atoms with Gasteiger partial charge in [0.05, 0.1) is 51.4 Å². The van der Waals surface area contributed by atoms with E-state index in [1.807, 2.05) is 64.1 Å². The van der Waals surface area contributed by atoms with Crippen LogP contribution in [-0.2, 0) is 32.4 Å². The van der Waals surface area contributed by atoms with E-state index < -0.39 is 0 Å². The van der Waals surface area contributed by atoms with Crippen molar-refractivity contribution in [3.8, 4) is 34.6 Å². The Morgan fingerprint density at radius 3 is 1.78 bits per heavy atom. The van der Waals surface area contributed by atoms with Gasteiger partial charge < -0.3 is 37.6 Å². The van der Waals surface area contributed by atoms with Gasteiger partial charge in [0, 0.05) is 42.4 Å². The lowest BCUT2D eigenvalue weighted by Gasteiger charge is -2.23. The first-order valence-electron chi connectivity index (χ1n) is 21.5. The summed E-state index contributed by atoms with van der Waals surface area (Å²) in [6.07, 6.45) is 4.52. The van der Waals surface area contributed by atoms with E-state index in [2.05, 4.69) is 70.0 Å². The summed E-state index contributed by atoms with van der Waals surface area (Å²) >= 11 is 0. The van der Waals surface area contributed by atoms with Crippen molar-refractivity contribution in [2.24, 2.45) is 13.0 Å². The second-order valence-electron chi connectivity index (χ2n) is 14.4. The Labute approximate surface area is 358 Å². The number of aryl methyl sites for hydroxylation is 2. The molecule has 4 aromatic rings. The predicted molar refractivity (Wildman–Crippen MR) is 242 cm³/mol. The molecule has 2 aliphatic heterocycles. The highest BCUT2D eigenvalue weighted by Crippen LogP contribution is 2.28. The van der Waals surface area contributed by atoms with E-state index >= 15 is 0 Å². The fourth-order valence-corrected chi connectivity index (χ4v) is 6.19. The highest BCUT2D eigenvalue weighted by Gasteiger charge is 2.19. The maximum atomic E-state index is 12.7. The van der Waals surface area contributed by atoms with Crippen molar-refractivity contribution in [1.82, 2.24) is 9.13 Å². The Bertz CT molecular complexity index is 2010. The van der Waals surface area contributed by atoms with Crippen LogP contribution in [0.1, 0.15) is 89.2 Å². The number of nitrogens with zero attached hydrogens (tertiary/aromatic N) is 2. The Kier molecular flexibility index (Phi) is 22.3. The molecule has 2 aromatic carbocycles. The van der Waals surface area contributed by atoms with Gasteiger partial charge in [0.15, 0.2) is 0 Å². The van der Waals surface area contributed by atoms with Gasteiger partial charge in [-0.1, -0.05) is 89.3 Å². The molecule has 2 aromatic heterocycles. The van der Waals surface area contributed by atoms with E-state index in [9.17, 15) is 9.59 Å². The number of hydrogen-bond acceptors (Lipinski definition) is 8. The molecule has 3 atom stereocenters. The molecule has 60 heavy (non-hydrogen) atoms. The summed E-state index contributed by atoms with van der Waals surface area (Å²) in [6, 6.07) is 23.2. The molecule has 7 rings (SSSR count). The molecule has 0 N–H and O–H groups in total. The van der Waals surface area contributed by atoms with Gasteiger partial charge in [-0.25, -0.2) is 0 Å². The zero-order chi connectivity index (χ0) is 43.9. The topological polar surface area (TPSA) is 99.4 Å². The fraction of sp³-hybridized carbons (Fsp3) is 0.480. The van der Waals surface area contributed by atoms with E-state index in [0.717, 1.165) is 34.5 Å². The minimum absolute atomic E-state index is 0.0301. The van der Waals surface area contributed by atoms with Crippen LogP contribution in [-0.4, -0.2) is 74.2 Å². The molecule has 0 radical (unpaired) electrons. The van der Waals surface area contributed by atoms with E-state index in [4.69, 9.17) is 28.4 Å². The van der Waals surface area contributed by atoms with Crippen molar-refractivity contribution in [1.29, 1.82) is 0 Å². The fourth-order valence-electron chi connectivity index (χ4n) is 6.19. The average Bonchev–Trinajstić information content (AvgIpc) is 4.13. The zero-order valence-electron chi connectivity index (χ0n) is 37.3. The molecule has 4 heterocycles. The molecule has 2 unspecified atom stereocenters. The third-order valence-corrected chi connectivity index (χ3v) is 9.55. The highest BCUT2D eigenvalue weighted by molar-refractivity contribution is 5.62. The summed E-state index contributed by atoms with van der Waals surface area (Å²) in [6.45, 7) is 24.6. The van der Waals surface area contributed by atoms with Crippen molar-refractivity contribution >= 4 is 0 Å². The standard InChI is InChI=1S/C22H23NO4.C21H27NO4.C3H8.C2H6.C2H4/c1-23-21(18-8-6-17(7-9-18)5-4-16-2-3-16)12-19(13-22(23)24)27-15-20-14-25-10-11-26-20;1-4-17-5-7-18(8-6-17)16(3)22-15(2)11-19(12-21(22)23)26-14-20-13-24-9-10-25-20;1-3-2;2*1-2/h6-9,12-13,16,20H,2-3,10-11,14-15H2,1H3;5-8,11-12,16,20H,4,9-10,13-14H2,1-3H3;3H2,1-2H3;1-2H3;1-2H2/t20-;;;;/m1..../s1. The maximum absolute atomic E-state index is 12.7. The lowest BCUT2D eigenvalue weighted by molar-refractivity contribution is -0.101. The first-order chi connectivity index (χ1) is 29.2. The van der Waals surface area contributed by atoms with Gasteiger partial charge in [0.1, 0.15) is 36.9 Å². The smallest absolute Gasteiger partial charge is 0.254 e. The van der Waals surface area contributed by atoms with Crippen molar-refractivity contribution in [3.63, 3.8) is 0 Å². The van der Waals surface area contributed by atoms with E-state index in [-0.39, 0.29) is 29.4 Å². The summed E-state index contributed by atoms with van der Waals surface area (Å²) in [4.78, 5) is 25.0. The van der Waals surface area contributed by atoms with Crippen LogP contribution in [0.5, 0.6) is 11.5 Å². The molecule has 10 heteroatoms. The molecule has 10 nitrogen and oxygen atoms in total. The van der Waals surface area contributed by atoms with Crippen LogP contribution in [0.3, 0.4) is 0 Å². The molecule has 1 aliphatic carbocycles. The normalized spacial score (nSPS) is 17.1. The molecule has 0 bridgehead atoms. The summed E-state index contributed by atoms with van der Waals surface area (Å²) < 4.78 is 36.9. The number of benzene rings is 2. The number of aromatic nitrogens is 2. The molecule has 0 amide bonds. The zero-order valence-corrected chi connectivity index (χ0v) is 37.3. The van der Waals surface area contributed by atoms with Gasteiger partial charge in [0.2, 0.25) is 0 Å². The van der Waals surface area contributed by atoms with Gasteiger partial charge in [-0.15, -0.1) is 13.2 Å². The van der Waals surface area contributed by atoms with E-state index in [1.165, 1.54) is 30.9 Å². The molecule has 326 valence electrons. The third kappa shape index (κ3) is 15.9. The van der Waals surface area contributed by atoms with Gasteiger partial charge in [-0.05, 0) is 68.0 Å². The number of rotatable bonds is 10. The van der Waals surface area contributed by atoms with Crippen LogP contribution in [0, 0.1) is 24.7 Å². The number of pyridine rings is 2. The molecule has 2 saturated heterocycles. The lowest BCUT2D eigenvalue weighted by Crippen LogP contribution is -2.33. The molecule has 3 fully saturated rings. The van der Waals surface area contributed by atoms with Gasteiger partial charge in [-0.3, -0.25) is 9.59 Å². The largest absolute Gasteiger partial charge is 0.491 e. The second-order valence-corrected chi connectivity index (χ2v) is 14.4. The van der Waals surface area contributed by atoms with Crippen molar-refractivity contribution in [2.45, 2.75) is 92.4 Å². The van der Waals surface area contributed by atoms with Crippen LogP contribution < -0.4 is 20.6 Å². The molecule has 0 spiro atoms. The van der Waals surface area contributed by atoms with Crippen LogP contribution in [0.2, 0.25) is 0 Å². The van der Waals surface area contributed by atoms with Crippen LogP contribution in [0.25, 0.3) is 11.3 Å². The highest BCUT2D eigenvalue weighted by atomic mass is 16.6. The van der Waals surface area contributed by atoms with E-state index in [1.54, 1.807) is 22.2 Å². The molecular weight excluding hydrogens is 757 g/mol. The minimum atomic E-state index is -0.110. The Hall–Kier alpha value is -4.92. The molecule has 3 aliphatic rings. The van der Waals surface area contributed by atoms with Crippen LogP contribution >= 0.6 is 0 Å². The SMILES string of the molecule is C=C.CC.CCC.CCc1ccc(C(C)n2c(C)cc(OCC3COCCO3)cc2=O)cc1.Cn1c(-c2ccc(C#CC3CC3)cc2)cc(OC[C@H]2COCCO2)cc1=O. The maximum Gasteiger partial charge on any atom is 0.254 e. The van der Waals surface area contributed by atoms with Crippen molar-refractivity contribution < 1.29 is 28.4 Å². The summed E-state index contributed by atoms with van der Waals surface area (Å²) in [7, 11) is 1.76. The Morgan fingerprint density at radius 1 is 0.767 bits per heavy atom. The number of ether oxygens (including phenoxy) is 6. The quantitative estimate of drug-likeness (QED) is 0.116. The average molecular weight is 825 g/mol. The first-order valence-corrected chi connectivity index (χ1v) is 21.5. The van der Waals surface area contributed by atoms with Gasteiger partial charge >= 0.3 is 0 Å². The van der Waals surface area contributed by atoms with Crippen molar-refractivity contribution in [2.75, 3.05) is 52.9 Å². The summed E-state index contributed by atoms with van der Waals surface area (Å²) in [5.74, 6) is 8.17. The molecule has 1 saturated carbocycles. The number of hydrogen-bond donors (Lipinski definition) is 0. The second kappa shape index (κ2) is 27.0. The Balaban J connectivity index is 0.000000279. The van der Waals surface area contributed by atoms with Crippen molar-refractivity contribution in [3.05, 3.63) is 129 Å². The van der Waals surface area contributed by atoms with Gasteiger partial charge in [-0.2, -0.15) is 0 Å². The lowest BCUT2D eigenvalue weighted by atomic mass is 10.0. The Morgan fingerprint density at radius 2 is 1.30 bits per heavy atom. The van der Waals surface area contributed by atoms with E-state index in [0.29, 0.717) is 70.3 Å². The summed E-state index contributed by atoms with van der Waals surface area (Å²) in [5, 5.41) is 0. The first kappa shape index (κ1) is 49.4.